The molecule has 1 aromatic carbocycles. The summed E-state index contributed by atoms with van der Waals surface area (Å²) < 4.78 is 22.7. The zero-order chi connectivity index (χ0) is 23.0. The number of nitrogens with zero attached hydrogens (tertiary/aromatic N) is 2. The Balaban J connectivity index is 1.96. The molecule has 0 saturated heterocycles. The second-order valence-electron chi connectivity index (χ2n) is 6.58. The lowest BCUT2D eigenvalue weighted by Crippen LogP contribution is -2.47. The van der Waals surface area contributed by atoms with Crippen LogP contribution in [-0.4, -0.2) is 58.1 Å². The maximum absolute atomic E-state index is 12.3. The van der Waals surface area contributed by atoms with Gasteiger partial charge in [-0.2, -0.15) is 0 Å². The van der Waals surface area contributed by atoms with Crippen LogP contribution in [0.4, 0.5) is 0 Å². The minimum atomic E-state index is -3.80. The van der Waals surface area contributed by atoms with Gasteiger partial charge in [-0.1, -0.05) is 12.1 Å². The molecule has 0 radical (unpaired) electrons. The third kappa shape index (κ3) is 8.29. The third-order valence-corrected chi connectivity index (χ3v) is 5.14. The number of carboxylic acid groups (broad SMARTS) is 1. The molecule has 2 aromatic rings. The molecule has 168 valence electrons. The van der Waals surface area contributed by atoms with Crippen molar-refractivity contribution in [1.29, 1.82) is 0 Å². The molecule has 12 nitrogen and oxygen atoms in total. The first-order valence-electron chi connectivity index (χ1n) is 8.97. The highest BCUT2D eigenvalue weighted by Gasteiger charge is 2.21. The third-order valence-electron chi connectivity index (χ3n) is 4.11. The van der Waals surface area contributed by atoms with Gasteiger partial charge in [0.15, 0.2) is 5.11 Å². The monoisotopic (exact) mass is 469 g/mol. The molecule has 1 aromatic heterocycles. The Morgan fingerprint density at radius 2 is 1.97 bits per heavy atom. The Hall–Kier alpha value is -3.07. The number of sulfonamides is 1. The van der Waals surface area contributed by atoms with Gasteiger partial charge < -0.3 is 21.1 Å². The van der Waals surface area contributed by atoms with Crippen LogP contribution in [0.1, 0.15) is 17.7 Å². The van der Waals surface area contributed by atoms with Crippen molar-refractivity contribution in [2.24, 2.45) is 10.9 Å². The number of benzene rings is 1. The fourth-order valence-electron chi connectivity index (χ4n) is 2.65. The van der Waals surface area contributed by atoms with Gasteiger partial charge >= 0.3 is 5.97 Å². The topological polar surface area (TPSA) is 197 Å². The largest absolute Gasteiger partial charge is 0.480 e. The number of hydrogen-bond acceptors (Lipinski definition) is 7. The van der Waals surface area contributed by atoms with Crippen LogP contribution < -0.4 is 21.6 Å². The summed E-state index contributed by atoms with van der Waals surface area (Å²) in [4.78, 5) is 30.3. The van der Waals surface area contributed by atoms with Gasteiger partial charge in [-0.15, -0.1) is 0 Å². The Bertz CT molecular complexity index is 1010. The lowest BCUT2D eigenvalue weighted by atomic mass is 10.1. The SMILES string of the molecule is NC(=S)NN(CCC(=O)NC(Cc1cnc[nH]1)C(=O)O)Cc1ccc(S(N)(=O)=O)cc1. The highest BCUT2D eigenvalue weighted by molar-refractivity contribution is 7.89. The normalized spacial score (nSPS) is 12.3. The first-order valence-corrected chi connectivity index (χ1v) is 10.9. The van der Waals surface area contributed by atoms with E-state index in [1.807, 2.05) is 0 Å². The summed E-state index contributed by atoms with van der Waals surface area (Å²) in [6.07, 6.45) is 2.92. The number of carboxylic acids is 1. The number of rotatable bonds is 11. The highest BCUT2D eigenvalue weighted by Crippen LogP contribution is 2.10. The van der Waals surface area contributed by atoms with Crippen molar-refractivity contribution in [1.82, 2.24) is 25.7 Å². The maximum atomic E-state index is 12.3. The molecular formula is C17H23N7O5S2. The van der Waals surface area contributed by atoms with E-state index in [-0.39, 0.29) is 35.9 Å². The average molecular weight is 470 g/mol. The summed E-state index contributed by atoms with van der Waals surface area (Å²) in [5, 5.41) is 18.4. The van der Waals surface area contributed by atoms with E-state index in [0.29, 0.717) is 11.3 Å². The zero-order valence-corrected chi connectivity index (χ0v) is 17.9. The van der Waals surface area contributed by atoms with Crippen LogP contribution in [0.25, 0.3) is 0 Å². The van der Waals surface area contributed by atoms with Crippen LogP contribution in [0.5, 0.6) is 0 Å². The molecular weight excluding hydrogens is 446 g/mol. The number of aromatic nitrogens is 2. The number of nitrogens with one attached hydrogen (secondary N) is 3. The maximum Gasteiger partial charge on any atom is 0.326 e. The highest BCUT2D eigenvalue weighted by atomic mass is 32.2. The van der Waals surface area contributed by atoms with Crippen molar-refractivity contribution < 1.29 is 23.1 Å². The van der Waals surface area contributed by atoms with E-state index in [1.54, 1.807) is 17.1 Å². The van der Waals surface area contributed by atoms with E-state index >= 15 is 0 Å². The second-order valence-corrected chi connectivity index (χ2v) is 8.58. The van der Waals surface area contributed by atoms with Crippen LogP contribution in [0.2, 0.25) is 0 Å². The van der Waals surface area contributed by atoms with E-state index in [9.17, 15) is 23.1 Å². The van der Waals surface area contributed by atoms with Gasteiger partial charge in [0.2, 0.25) is 15.9 Å². The van der Waals surface area contributed by atoms with Gasteiger partial charge in [0, 0.05) is 37.8 Å². The molecule has 31 heavy (non-hydrogen) atoms. The molecule has 8 N–H and O–H groups in total. The van der Waals surface area contributed by atoms with Gasteiger partial charge in [-0.05, 0) is 29.9 Å². The summed E-state index contributed by atoms with van der Waals surface area (Å²) in [5.41, 5.74) is 9.54. The molecule has 0 spiro atoms. The molecule has 1 heterocycles. The number of aliphatic carboxylic acids is 1. The summed E-state index contributed by atoms with van der Waals surface area (Å²) in [7, 11) is -3.80. The molecule has 0 aliphatic carbocycles. The summed E-state index contributed by atoms with van der Waals surface area (Å²) >= 11 is 4.85. The number of aromatic amines is 1. The number of amides is 1. The van der Waals surface area contributed by atoms with E-state index in [4.69, 9.17) is 23.1 Å². The molecule has 0 fully saturated rings. The molecule has 2 rings (SSSR count). The van der Waals surface area contributed by atoms with E-state index in [2.05, 4.69) is 20.7 Å². The average Bonchev–Trinajstić information content (AvgIpc) is 3.18. The number of thiocarbonyl (C=S) groups is 1. The number of primary sulfonamides is 1. The Morgan fingerprint density at radius 3 is 2.48 bits per heavy atom. The molecule has 1 unspecified atom stereocenters. The van der Waals surface area contributed by atoms with Crippen molar-refractivity contribution in [3.05, 3.63) is 48.0 Å². The Kier molecular flexibility index (Phi) is 8.44. The zero-order valence-electron chi connectivity index (χ0n) is 16.3. The lowest BCUT2D eigenvalue weighted by molar-refractivity contribution is -0.141. The standard InChI is InChI=1S/C17H23N7O5S2/c18-17(30)23-24(9-11-1-3-13(4-2-11)31(19,28)29)6-5-15(25)22-14(16(26)27)7-12-8-20-10-21-12/h1-4,8,10,14H,5-7,9H2,(H,20,21)(H,22,25)(H,26,27)(H3,18,23,30)(H2,19,28,29). The molecule has 0 saturated carbocycles. The Morgan fingerprint density at radius 1 is 1.29 bits per heavy atom. The number of hydrazine groups is 1. The van der Waals surface area contributed by atoms with Gasteiger partial charge in [0.1, 0.15) is 6.04 Å². The lowest BCUT2D eigenvalue weighted by Gasteiger charge is -2.23. The van der Waals surface area contributed by atoms with Crippen LogP contribution in [-0.2, 0) is 32.6 Å². The minimum absolute atomic E-state index is 0.0239. The van der Waals surface area contributed by atoms with Crippen LogP contribution in [0.3, 0.4) is 0 Å². The van der Waals surface area contributed by atoms with Gasteiger partial charge in [0.05, 0.1) is 11.2 Å². The predicted molar refractivity (Wildman–Crippen MR) is 115 cm³/mol. The summed E-state index contributed by atoms with van der Waals surface area (Å²) in [6.45, 7) is 0.391. The number of H-pyrrole nitrogens is 1. The van der Waals surface area contributed by atoms with Crippen molar-refractivity contribution >= 4 is 39.2 Å². The van der Waals surface area contributed by atoms with Crippen molar-refractivity contribution in [3.8, 4) is 0 Å². The van der Waals surface area contributed by atoms with Crippen molar-refractivity contribution in [2.75, 3.05) is 6.54 Å². The van der Waals surface area contributed by atoms with Gasteiger partial charge in [-0.3, -0.25) is 10.2 Å². The fourth-order valence-corrected chi connectivity index (χ4v) is 3.30. The number of nitrogens with two attached hydrogens (primary N) is 2. The number of carbonyl (C=O) groups excluding carboxylic acids is 1. The van der Waals surface area contributed by atoms with E-state index in [0.717, 1.165) is 0 Å². The van der Waals surface area contributed by atoms with E-state index < -0.39 is 27.9 Å². The van der Waals surface area contributed by atoms with Gasteiger partial charge in [-0.25, -0.2) is 28.3 Å². The summed E-state index contributed by atoms with van der Waals surface area (Å²) in [6, 6.07) is 4.75. The van der Waals surface area contributed by atoms with Crippen LogP contribution in [0.15, 0.2) is 41.7 Å². The predicted octanol–water partition coefficient (Wildman–Crippen LogP) is -1.19. The number of carbonyl (C=O) groups is 2. The number of hydrogen-bond donors (Lipinski definition) is 6. The van der Waals surface area contributed by atoms with E-state index in [1.165, 1.54) is 24.7 Å². The Labute approximate surface area is 184 Å². The molecule has 0 bridgehead atoms. The first kappa shape index (κ1) is 24.2. The van der Waals surface area contributed by atoms with Crippen LogP contribution >= 0.6 is 12.2 Å². The van der Waals surface area contributed by atoms with Crippen molar-refractivity contribution in [3.63, 3.8) is 0 Å². The fraction of sp³-hybridized carbons (Fsp3) is 0.294. The molecule has 1 atom stereocenters. The first-order chi connectivity index (χ1) is 14.5. The second kappa shape index (κ2) is 10.8. The molecule has 1 amide bonds. The summed E-state index contributed by atoms with van der Waals surface area (Å²) in [5.74, 6) is -1.65. The van der Waals surface area contributed by atoms with Gasteiger partial charge in [0.25, 0.3) is 0 Å². The molecule has 0 aliphatic heterocycles. The van der Waals surface area contributed by atoms with Crippen LogP contribution in [0, 0.1) is 0 Å². The smallest absolute Gasteiger partial charge is 0.326 e. The van der Waals surface area contributed by atoms with Crippen molar-refractivity contribution in [2.45, 2.75) is 30.3 Å². The molecule has 14 heteroatoms. The molecule has 0 aliphatic rings. The quantitative estimate of drug-likeness (QED) is 0.172. The minimum Gasteiger partial charge on any atom is -0.480 e. The number of imidazole rings is 1.